The van der Waals surface area contributed by atoms with E-state index in [4.69, 9.17) is 45.2 Å². The van der Waals surface area contributed by atoms with Gasteiger partial charge < -0.3 is 21.9 Å². The second-order valence-electron chi connectivity index (χ2n) is 7.80. The zero-order valence-electron chi connectivity index (χ0n) is 19.0. The molecule has 1 amide bonds. The molecule has 0 aromatic heterocycles. The minimum atomic E-state index is -4.25. The number of guanidine groups is 1. The summed E-state index contributed by atoms with van der Waals surface area (Å²) in [5.74, 6) is -3.84. The summed E-state index contributed by atoms with van der Waals surface area (Å²) in [6.07, 6.45) is 0.106. The molecular weight excluding hydrogens is 697 g/mol. The number of amides is 1. The Morgan fingerprint density at radius 2 is 1.78 bits per heavy atom. The number of nitrogens with two attached hydrogens (primary N) is 2. The van der Waals surface area contributed by atoms with Crippen molar-refractivity contribution in [3.63, 3.8) is 0 Å². The van der Waals surface area contributed by atoms with Gasteiger partial charge in [-0.05, 0) is 74.5 Å². The van der Waals surface area contributed by atoms with Crippen molar-refractivity contribution >= 4 is 101 Å². The fourth-order valence-corrected chi connectivity index (χ4v) is 6.94. The predicted molar refractivity (Wildman–Crippen MR) is 153 cm³/mol. The standard InChI is InChI=1S/C21H23Br2Cl2N5O5S2/c22-13-7-15(19(36)18(17(13)23)29-8-10-4-11(24)6-12(25)5-10)37(34,35)9-16(31)30(21(27)28)3-1-2-14(26)20(32)33/h4-7,14,29,36H,1-3,8-9,26H2,(H3,27,28)(H,32,33). The number of anilines is 1. The smallest absolute Gasteiger partial charge is 0.320 e. The Balaban J connectivity index is 2.28. The van der Waals surface area contributed by atoms with Crippen LogP contribution in [0.5, 0.6) is 0 Å². The molecule has 1 unspecified atom stereocenters. The normalized spacial score (nSPS) is 12.2. The SMILES string of the molecule is N=C(N)N(CCCC(N)C(=O)O)C(=O)CS(=O)(=O)c1cc(Br)c(Br)c(NCc2cc(Cl)cc(Cl)c2)c1S. The lowest BCUT2D eigenvalue weighted by Gasteiger charge is -2.22. The molecule has 10 nitrogen and oxygen atoms in total. The van der Waals surface area contributed by atoms with Crippen molar-refractivity contribution in [1.82, 2.24) is 4.90 Å². The van der Waals surface area contributed by atoms with Crippen molar-refractivity contribution in [2.75, 3.05) is 17.6 Å². The summed E-state index contributed by atoms with van der Waals surface area (Å²) < 4.78 is 27.4. The summed E-state index contributed by atoms with van der Waals surface area (Å²) in [7, 11) is -4.25. The molecule has 0 aliphatic rings. The number of rotatable bonds is 11. The first-order chi connectivity index (χ1) is 17.1. The Bertz CT molecular complexity index is 1310. The number of nitrogens with one attached hydrogen (secondary N) is 2. The second kappa shape index (κ2) is 13.5. The number of carbonyl (C=O) groups excluding carboxylic acids is 1. The minimum absolute atomic E-state index is 0.00641. The first kappa shape index (κ1) is 31.7. The van der Waals surface area contributed by atoms with Crippen molar-refractivity contribution < 1.29 is 23.1 Å². The van der Waals surface area contributed by atoms with E-state index in [0.717, 1.165) is 10.5 Å². The zero-order chi connectivity index (χ0) is 28.1. The van der Waals surface area contributed by atoms with Crippen LogP contribution in [0.15, 0.2) is 43.0 Å². The third-order valence-electron chi connectivity index (χ3n) is 5.00. The van der Waals surface area contributed by atoms with Crippen LogP contribution in [0, 0.1) is 5.41 Å². The molecule has 0 radical (unpaired) electrons. The molecule has 16 heteroatoms. The van der Waals surface area contributed by atoms with Gasteiger partial charge in [-0.25, -0.2) is 8.42 Å². The molecule has 202 valence electrons. The van der Waals surface area contributed by atoms with Crippen LogP contribution in [0.3, 0.4) is 0 Å². The second-order valence-corrected chi connectivity index (χ2v) is 12.7. The number of sulfone groups is 1. The van der Waals surface area contributed by atoms with Crippen molar-refractivity contribution in [3.05, 3.63) is 48.8 Å². The maximum atomic E-state index is 13.2. The highest BCUT2D eigenvalue weighted by Crippen LogP contribution is 2.40. The molecule has 0 bridgehead atoms. The van der Waals surface area contributed by atoms with E-state index in [2.05, 4.69) is 49.8 Å². The lowest BCUT2D eigenvalue weighted by Crippen LogP contribution is -2.45. The minimum Gasteiger partial charge on any atom is -0.480 e. The molecule has 0 saturated carbocycles. The fourth-order valence-electron chi connectivity index (χ4n) is 3.19. The van der Waals surface area contributed by atoms with Gasteiger partial charge in [0.2, 0.25) is 5.91 Å². The van der Waals surface area contributed by atoms with Crippen LogP contribution in [-0.4, -0.2) is 54.6 Å². The largest absolute Gasteiger partial charge is 0.480 e. The Kier molecular flexibility index (Phi) is 11.5. The Morgan fingerprint density at radius 3 is 2.32 bits per heavy atom. The number of thiol groups is 1. The molecule has 7 N–H and O–H groups in total. The maximum absolute atomic E-state index is 13.2. The number of benzene rings is 2. The summed E-state index contributed by atoms with van der Waals surface area (Å²) in [5, 5.41) is 20.5. The third kappa shape index (κ3) is 8.73. The highest BCUT2D eigenvalue weighted by Gasteiger charge is 2.29. The molecule has 0 heterocycles. The van der Waals surface area contributed by atoms with E-state index in [1.807, 2.05) is 0 Å². The molecule has 2 aromatic carbocycles. The van der Waals surface area contributed by atoms with Crippen LogP contribution < -0.4 is 16.8 Å². The summed E-state index contributed by atoms with van der Waals surface area (Å²) in [5.41, 5.74) is 12.0. The van der Waals surface area contributed by atoms with E-state index in [9.17, 15) is 18.0 Å². The van der Waals surface area contributed by atoms with Gasteiger partial charge in [0.15, 0.2) is 15.8 Å². The van der Waals surface area contributed by atoms with Crippen molar-refractivity contribution in [1.29, 1.82) is 5.41 Å². The van der Waals surface area contributed by atoms with E-state index >= 15 is 0 Å². The van der Waals surface area contributed by atoms with Gasteiger partial charge in [0.1, 0.15) is 11.8 Å². The van der Waals surface area contributed by atoms with Crippen LogP contribution in [0.4, 0.5) is 5.69 Å². The van der Waals surface area contributed by atoms with Gasteiger partial charge in [-0.15, -0.1) is 12.6 Å². The Labute approximate surface area is 246 Å². The monoisotopic (exact) mass is 717 g/mol. The maximum Gasteiger partial charge on any atom is 0.320 e. The number of hydrogen-bond acceptors (Lipinski definition) is 8. The first-order valence-electron chi connectivity index (χ1n) is 10.4. The number of halogens is 4. The molecule has 0 aliphatic carbocycles. The quantitative estimate of drug-likeness (QED) is 0.114. The van der Waals surface area contributed by atoms with Gasteiger partial charge in [-0.1, -0.05) is 23.2 Å². The van der Waals surface area contributed by atoms with Crippen molar-refractivity contribution in [3.8, 4) is 0 Å². The van der Waals surface area contributed by atoms with Gasteiger partial charge in [0.05, 0.1) is 15.1 Å². The number of carbonyl (C=O) groups is 2. The molecule has 2 aromatic rings. The lowest BCUT2D eigenvalue weighted by molar-refractivity contribution is -0.138. The molecule has 0 fully saturated rings. The summed E-state index contributed by atoms with van der Waals surface area (Å²) in [6.45, 7) is 0.0648. The van der Waals surface area contributed by atoms with E-state index < -0.39 is 39.5 Å². The van der Waals surface area contributed by atoms with E-state index in [-0.39, 0.29) is 35.7 Å². The van der Waals surface area contributed by atoms with E-state index in [1.54, 1.807) is 18.2 Å². The molecule has 37 heavy (non-hydrogen) atoms. The number of aliphatic carboxylic acids is 1. The van der Waals surface area contributed by atoms with Crippen molar-refractivity contribution in [2.24, 2.45) is 11.5 Å². The van der Waals surface area contributed by atoms with Gasteiger partial charge in [-0.2, -0.15) is 0 Å². The third-order valence-corrected chi connectivity index (χ3v) is 9.66. The van der Waals surface area contributed by atoms with E-state index in [0.29, 0.717) is 24.7 Å². The number of nitrogens with zero attached hydrogens (tertiary/aromatic N) is 1. The van der Waals surface area contributed by atoms with Gasteiger partial charge in [-0.3, -0.25) is 19.9 Å². The topological polar surface area (TPSA) is 180 Å². The van der Waals surface area contributed by atoms with Gasteiger partial charge in [0, 0.05) is 32.5 Å². The van der Waals surface area contributed by atoms with Crippen molar-refractivity contribution in [2.45, 2.75) is 35.2 Å². The van der Waals surface area contributed by atoms with E-state index in [1.165, 1.54) is 6.07 Å². The number of carboxylic acid groups (broad SMARTS) is 1. The molecular formula is C21H23Br2Cl2N5O5S2. The van der Waals surface area contributed by atoms with Crippen LogP contribution in [0.2, 0.25) is 10.0 Å². The van der Waals surface area contributed by atoms with Crippen LogP contribution in [-0.2, 0) is 26.0 Å². The highest BCUT2D eigenvalue weighted by molar-refractivity contribution is 9.13. The average molecular weight is 720 g/mol. The zero-order valence-corrected chi connectivity index (χ0v) is 25.4. The summed E-state index contributed by atoms with van der Waals surface area (Å²) >= 11 is 23.2. The number of carboxylic acids is 1. The molecule has 1 atom stereocenters. The van der Waals surface area contributed by atoms with Crippen LogP contribution >= 0.6 is 67.7 Å². The summed E-state index contributed by atoms with van der Waals surface area (Å²) in [6, 6.07) is 5.12. The van der Waals surface area contributed by atoms with Crippen LogP contribution in [0.1, 0.15) is 18.4 Å². The highest BCUT2D eigenvalue weighted by atomic mass is 79.9. The molecule has 2 rings (SSSR count). The average Bonchev–Trinajstić information content (AvgIpc) is 2.77. The fraction of sp³-hybridized carbons (Fsp3) is 0.286. The molecule has 0 spiro atoms. The first-order valence-corrected chi connectivity index (χ1v) is 14.8. The number of hydrogen-bond donors (Lipinski definition) is 6. The summed E-state index contributed by atoms with van der Waals surface area (Å²) in [4.78, 5) is 24.3. The lowest BCUT2D eigenvalue weighted by atomic mass is 10.1. The Morgan fingerprint density at radius 1 is 1.19 bits per heavy atom. The Hall–Kier alpha value is -1.55. The van der Waals surface area contributed by atoms with Gasteiger partial charge >= 0.3 is 5.97 Å². The molecule has 0 aliphatic heterocycles. The van der Waals surface area contributed by atoms with Gasteiger partial charge in [0.25, 0.3) is 0 Å². The van der Waals surface area contributed by atoms with Crippen LogP contribution in [0.25, 0.3) is 0 Å². The predicted octanol–water partition coefficient (Wildman–Crippen LogP) is 4.11. The molecule has 0 saturated heterocycles.